The van der Waals surface area contributed by atoms with Gasteiger partial charge in [-0.3, -0.25) is 0 Å². The van der Waals surface area contributed by atoms with Crippen molar-refractivity contribution in [3.63, 3.8) is 0 Å². The van der Waals surface area contributed by atoms with Crippen LogP contribution >= 0.6 is 0 Å². The molecule has 0 bridgehead atoms. The normalized spacial score (nSPS) is 10.7. The topological polar surface area (TPSA) is 52.6 Å². The van der Waals surface area contributed by atoms with Gasteiger partial charge in [0.25, 0.3) is 0 Å². The van der Waals surface area contributed by atoms with Crippen LogP contribution in [0.5, 0.6) is 0 Å². The van der Waals surface area contributed by atoms with E-state index in [2.05, 4.69) is 17.1 Å². The van der Waals surface area contributed by atoms with Crippen LogP contribution in [0.2, 0.25) is 0 Å². The first-order chi connectivity index (χ1) is 9.04. The van der Waals surface area contributed by atoms with Crippen molar-refractivity contribution in [2.45, 2.75) is 26.2 Å². The number of hydrogen-bond donors (Lipinski definition) is 2. The number of likely N-dealkylation sites (N-methyl/N-ethyl adjacent to an activating group) is 1. The average Bonchev–Trinajstić information content (AvgIpc) is 2.36. The Morgan fingerprint density at radius 2 is 2.11 bits per heavy atom. The molecule has 0 fully saturated rings. The van der Waals surface area contributed by atoms with Crippen LogP contribution in [0.1, 0.15) is 35.7 Å². The van der Waals surface area contributed by atoms with Crippen molar-refractivity contribution < 1.29 is 9.90 Å². The van der Waals surface area contributed by atoms with E-state index in [-0.39, 0.29) is 0 Å². The monoisotopic (exact) mass is 264 g/mol. The molecule has 2 N–H and O–H groups in total. The molecule has 4 nitrogen and oxygen atoms in total. The third-order valence-corrected chi connectivity index (χ3v) is 3.02. The summed E-state index contributed by atoms with van der Waals surface area (Å²) in [5.74, 6) is -0.853. The lowest BCUT2D eigenvalue weighted by atomic mass is 10.0. The van der Waals surface area contributed by atoms with Gasteiger partial charge in [0.05, 0.1) is 5.56 Å². The van der Waals surface area contributed by atoms with Crippen LogP contribution in [0.25, 0.3) is 0 Å². The van der Waals surface area contributed by atoms with Crippen LogP contribution < -0.4 is 5.32 Å². The molecule has 0 amide bonds. The van der Waals surface area contributed by atoms with Gasteiger partial charge in [0, 0.05) is 18.8 Å². The molecule has 106 valence electrons. The van der Waals surface area contributed by atoms with Crippen molar-refractivity contribution in [1.29, 1.82) is 0 Å². The van der Waals surface area contributed by atoms with Crippen molar-refractivity contribution in [3.05, 3.63) is 29.3 Å². The molecule has 0 saturated heterocycles. The van der Waals surface area contributed by atoms with Gasteiger partial charge in [-0.2, -0.15) is 0 Å². The summed E-state index contributed by atoms with van der Waals surface area (Å²) in [5, 5.41) is 12.5. The fourth-order valence-electron chi connectivity index (χ4n) is 1.87. The highest BCUT2D eigenvalue weighted by molar-refractivity contribution is 5.90. The van der Waals surface area contributed by atoms with Gasteiger partial charge in [0.2, 0.25) is 0 Å². The zero-order valence-corrected chi connectivity index (χ0v) is 12.1. The third-order valence-electron chi connectivity index (χ3n) is 3.02. The minimum atomic E-state index is -0.853. The molecule has 0 heterocycles. The zero-order valence-electron chi connectivity index (χ0n) is 12.1. The number of nitrogens with zero attached hydrogens (tertiary/aromatic N) is 1. The summed E-state index contributed by atoms with van der Waals surface area (Å²) >= 11 is 0. The number of aromatic carboxylic acids is 1. The van der Waals surface area contributed by atoms with Crippen molar-refractivity contribution in [2.75, 3.05) is 32.5 Å². The zero-order chi connectivity index (χ0) is 14.3. The van der Waals surface area contributed by atoms with E-state index in [1.165, 1.54) is 0 Å². The van der Waals surface area contributed by atoms with Crippen molar-refractivity contribution in [2.24, 2.45) is 0 Å². The summed E-state index contributed by atoms with van der Waals surface area (Å²) in [6.45, 7) is 3.92. The van der Waals surface area contributed by atoms with E-state index in [1.54, 1.807) is 6.07 Å². The Labute approximate surface area is 115 Å². The molecule has 0 saturated carbocycles. The smallest absolute Gasteiger partial charge is 0.335 e. The van der Waals surface area contributed by atoms with Gasteiger partial charge in [-0.1, -0.05) is 13.3 Å². The van der Waals surface area contributed by atoms with Gasteiger partial charge in [-0.25, -0.2) is 4.79 Å². The molecule has 0 spiro atoms. The molecule has 1 rings (SSSR count). The fourth-order valence-corrected chi connectivity index (χ4v) is 1.87. The maximum absolute atomic E-state index is 11.2. The minimum Gasteiger partial charge on any atom is -0.478 e. The molecule has 0 aliphatic carbocycles. The molecule has 4 heteroatoms. The average molecular weight is 264 g/mol. The lowest BCUT2D eigenvalue weighted by Crippen LogP contribution is -2.17. The van der Waals surface area contributed by atoms with E-state index in [4.69, 9.17) is 0 Å². The van der Waals surface area contributed by atoms with E-state index in [9.17, 15) is 9.90 Å². The number of carboxylic acid groups (broad SMARTS) is 1. The standard InChI is InChI=1S/C15H24N2O2/c1-4-5-9-16-13-6-7-14(15(18)19)12(11-13)8-10-17(2)3/h6-7,11,16H,4-5,8-10H2,1-3H3,(H,18,19). The maximum Gasteiger partial charge on any atom is 0.335 e. The first-order valence-corrected chi connectivity index (χ1v) is 6.79. The van der Waals surface area contributed by atoms with E-state index in [1.807, 2.05) is 26.2 Å². The van der Waals surface area contributed by atoms with Gasteiger partial charge in [-0.05, 0) is 50.7 Å². The van der Waals surface area contributed by atoms with Crippen LogP contribution in [0.15, 0.2) is 18.2 Å². The molecular weight excluding hydrogens is 240 g/mol. The van der Waals surface area contributed by atoms with Gasteiger partial charge in [0.15, 0.2) is 0 Å². The van der Waals surface area contributed by atoms with E-state index >= 15 is 0 Å². The molecule has 0 atom stereocenters. The number of benzene rings is 1. The maximum atomic E-state index is 11.2. The number of carbonyl (C=O) groups is 1. The molecule has 1 aromatic rings. The van der Waals surface area contributed by atoms with Gasteiger partial charge in [0.1, 0.15) is 0 Å². The summed E-state index contributed by atoms with van der Waals surface area (Å²) < 4.78 is 0. The van der Waals surface area contributed by atoms with E-state index in [0.29, 0.717) is 5.56 Å². The Morgan fingerprint density at radius 3 is 2.68 bits per heavy atom. The largest absolute Gasteiger partial charge is 0.478 e. The second-order valence-corrected chi connectivity index (χ2v) is 5.01. The predicted octanol–water partition coefficient (Wildman–Crippen LogP) is 2.70. The van der Waals surface area contributed by atoms with Crippen molar-refractivity contribution in [1.82, 2.24) is 4.90 Å². The van der Waals surface area contributed by atoms with E-state index in [0.717, 1.165) is 43.6 Å². The van der Waals surface area contributed by atoms with Crippen LogP contribution in [-0.2, 0) is 6.42 Å². The molecule has 0 aliphatic rings. The lowest BCUT2D eigenvalue weighted by Gasteiger charge is -2.13. The van der Waals surface area contributed by atoms with Gasteiger partial charge >= 0.3 is 5.97 Å². The van der Waals surface area contributed by atoms with Gasteiger partial charge in [-0.15, -0.1) is 0 Å². The fraction of sp³-hybridized carbons (Fsp3) is 0.533. The number of unbranched alkanes of at least 4 members (excludes halogenated alkanes) is 1. The van der Waals surface area contributed by atoms with Crippen LogP contribution in [0.3, 0.4) is 0 Å². The Morgan fingerprint density at radius 1 is 1.37 bits per heavy atom. The summed E-state index contributed by atoms with van der Waals surface area (Å²) in [7, 11) is 3.98. The Hall–Kier alpha value is -1.55. The lowest BCUT2D eigenvalue weighted by molar-refractivity contribution is 0.0695. The molecule has 0 aromatic heterocycles. The molecule has 19 heavy (non-hydrogen) atoms. The number of anilines is 1. The molecule has 0 aliphatic heterocycles. The summed E-state index contributed by atoms with van der Waals surface area (Å²) in [5.41, 5.74) is 2.30. The summed E-state index contributed by atoms with van der Waals surface area (Å²) in [4.78, 5) is 13.3. The molecule has 1 aromatic carbocycles. The minimum absolute atomic E-state index is 0.405. The number of carboxylic acids is 1. The summed E-state index contributed by atoms with van der Waals surface area (Å²) in [6.07, 6.45) is 3.01. The van der Waals surface area contributed by atoms with Crippen LogP contribution in [0, 0.1) is 0 Å². The highest BCUT2D eigenvalue weighted by Crippen LogP contribution is 2.17. The molecule has 0 radical (unpaired) electrons. The molecule has 0 unspecified atom stereocenters. The Kier molecular flexibility index (Phi) is 6.36. The number of rotatable bonds is 8. The Bertz CT molecular complexity index is 417. The second-order valence-electron chi connectivity index (χ2n) is 5.01. The number of nitrogens with one attached hydrogen (secondary N) is 1. The second kappa shape index (κ2) is 7.79. The van der Waals surface area contributed by atoms with Gasteiger partial charge < -0.3 is 15.3 Å². The van der Waals surface area contributed by atoms with Crippen LogP contribution in [0.4, 0.5) is 5.69 Å². The molecular formula is C15H24N2O2. The third kappa shape index (κ3) is 5.30. The van der Waals surface area contributed by atoms with Crippen molar-refractivity contribution in [3.8, 4) is 0 Å². The Balaban J connectivity index is 2.81. The van der Waals surface area contributed by atoms with E-state index < -0.39 is 5.97 Å². The summed E-state index contributed by atoms with van der Waals surface area (Å²) in [6, 6.07) is 5.50. The quantitative estimate of drug-likeness (QED) is 0.709. The predicted molar refractivity (Wildman–Crippen MR) is 79.1 cm³/mol. The first-order valence-electron chi connectivity index (χ1n) is 6.79. The highest BCUT2D eigenvalue weighted by atomic mass is 16.4. The van der Waals surface area contributed by atoms with Crippen LogP contribution in [-0.4, -0.2) is 43.2 Å². The van der Waals surface area contributed by atoms with Crippen molar-refractivity contribution >= 4 is 11.7 Å². The highest BCUT2D eigenvalue weighted by Gasteiger charge is 2.10. The SMILES string of the molecule is CCCCNc1ccc(C(=O)O)c(CCN(C)C)c1. The first kappa shape index (κ1) is 15.5. The number of hydrogen-bond acceptors (Lipinski definition) is 3.